The minimum atomic E-state index is -0.243. The number of aromatic nitrogens is 1. The summed E-state index contributed by atoms with van der Waals surface area (Å²) in [6, 6.07) is 26.5. The van der Waals surface area contributed by atoms with Crippen LogP contribution in [0.5, 0.6) is 0 Å². The van der Waals surface area contributed by atoms with Crippen LogP contribution in [0, 0.1) is 5.82 Å². The summed E-state index contributed by atoms with van der Waals surface area (Å²) in [7, 11) is 0. The van der Waals surface area contributed by atoms with Gasteiger partial charge in [-0.25, -0.2) is 4.39 Å². The van der Waals surface area contributed by atoms with Gasteiger partial charge in [0.2, 0.25) is 0 Å². The number of pyridine rings is 1. The fourth-order valence-corrected chi connectivity index (χ4v) is 4.50. The number of piperidine rings is 1. The molecule has 1 N–H and O–H groups in total. The Kier molecular flexibility index (Phi) is 6.13. The van der Waals surface area contributed by atoms with Crippen LogP contribution in [0.4, 0.5) is 4.39 Å². The second-order valence-electron chi connectivity index (χ2n) is 8.58. The van der Waals surface area contributed by atoms with Crippen molar-refractivity contribution in [1.82, 2.24) is 15.2 Å². The third-order valence-corrected chi connectivity index (χ3v) is 6.27. The van der Waals surface area contributed by atoms with Crippen LogP contribution in [0.25, 0.3) is 22.0 Å². The lowest BCUT2D eigenvalue weighted by atomic mass is 9.98. The van der Waals surface area contributed by atoms with Crippen molar-refractivity contribution in [1.29, 1.82) is 0 Å². The molecule has 0 bridgehead atoms. The van der Waals surface area contributed by atoms with E-state index in [4.69, 9.17) is 0 Å². The van der Waals surface area contributed by atoms with Crippen LogP contribution >= 0.6 is 0 Å². The molecule has 1 aromatic heterocycles. The summed E-state index contributed by atoms with van der Waals surface area (Å²) in [5, 5.41) is 4.06. The number of hydrogen-bond donors (Lipinski definition) is 1. The number of nitrogens with zero attached hydrogens (tertiary/aromatic N) is 2. The van der Waals surface area contributed by atoms with Crippen molar-refractivity contribution in [2.75, 3.05) is 13.1 Å². The molecule has 0 aliphatic carbocycles. The molecule has 0 unspecified atom stereocenters. The Bertz CT molecular complexity index is 1270. The molecule has 5 heteroatoms. The molecule has 33 heavy (non-hydrogen) atoms. The number of halogens is 1. The normalized spacial score (nSPS) is 14.9. The predicted molar refractivity (Wildman–Crippen MR) is 129 cm³/mol. The maximum Gasteiger partial charge on any atom is 0.252 e. The van der Waals surface area contributed by atoms with Crippen molar-refractivity contribution in [3.8, 4) is 11.1 Å². The Labute approximate surface area is 193 Å². The van der Waals surface area contributed by atoms with E-state index >= 15 is 0 Å². The van der Waals surface area contributed by atoms with Gasteiger partial charge in [-0.3, -0.25) is 14.7 Å². The topological polar surface area (TPSA) is 45.2 Å². The molecule has 1 saturated heterocycles. The maximum atomic E-state index is 13.4. The first-order chi connectivity index (χ1) is 16.2. The summed E-state index contributed by atoms with van der Waals surface area (Å²) in [6.45, 7) is 2.55. The van der Waals surface area contributed by atoms with Gasteiger partial charge in [0.25, 0.3) is 5.91 Å². The molecule has 0 spiro atoms. The van der Waals surface area contributed by atoms with Crippen LogP contribution in [-0.2, 0) is 6.54 Å². The van der Waals surface area contributed by atoms with Gasteiger partial charge in [-0.15, -0.1) is 0 Å². The summed E-state index contributed by atoms with van der Waals surface area (Å²) in [5.74, 6) is -0.260. The highest BCUT2D eigenvalue weighted by Crippen LogP contribution is 2.24. The molecule has 1 aliphatic rings. The molecule has 4 nitrogen and oxygen atoms in total. The molecular weight excluding hydrogens is 413 g/mol. The highest BCUT2D eigenvalue weighted by atomic mass is 19.1. The second-order valence-corrected chi connectivity index (χ2v) is 8.58. The van der Waals surface area contributed by atoms with Crippen LogP contribution in [0.1, 0.15) is 28.9 Å². The third kappa shape index (κ3) is 4.94. The van der Waals surface area contributed by atoms with E-state index in [0.717, 1.165) is 60.2 Å². The van der Waals surface area contributed by atoms with Crippen LogP contribution in [-0.4, -0.2) is 34.9 Å². The van der Waals surface area contributed by atoms with Crippen molar-refractivity contribution in [3.63, 3.8) is 0 Å². The monoisotopic (exact) mass is 439 g/mol. The van der Waals surface area contributed by atoms with Crippen LogP contribution in [0.3, 0.4) is 0 Å². The highest BCUT2D eigenvalue weighted by Gasteiger charge is 2.22. The average Bonchev–Trinajstić information content (AvgIpc) is 2.86. The van der Waals surface area contributed by atoms with Crippen LogP contribution in [0.15, 0.2) is 84.9 Å². The van der Waals surface area contributed by atoms with Gasteiger partial charge in [-0.05, 0) is 54.3 Å². The van der Waals surface area contributed by atoms with E-state index in [2.05, 4.69) is 15.2 Å². The van der Waals surface area contributed by atoms with E-state index in [1.807, 2.05) is 66.7 Å². The van der Waals surface area contributed by atoms with Gasteiger partial charge in [0, 0.05) is 36.6 Å². The van der Waals surface area contributed by atoms with E-state index in [1.54, 1.807) is 6.07 Å². The maximum absolute atomic E-state index is 13.4. The van der Waals surface area contributed by atoms with E-state index in [0.29, 0.717) is 5.56 Å². The first-order valence-corrected chi connectivity index (χ1v) is 11.4. The Balaban J connectivity index is 1.19. The minimum Gasteiger partial charge on any atom is -0.349 e. The van der Waals surface area contributed by atoms with Gasteiger partial charge < -0.3 is 5.32 Å². The van der Waals surface area contributed by atoms with Crippen LogP contribution in [0.2, 0.25) is 0 Å². The van der Waals surface area contributed by atoms with E-state index < -0.39 is 0 Å². The van der Waals surface area contributed by atoms with Gasteiger partial charge in [0.1, 0.15) is 5.82 Å². The molecule has 5 rings (SSSR count). The Morgan fingerprint density at radius 2 is 1.70 bits per heavy atom. The first-order valence-electron chi connectivity index (χ1n) is 11.4. The Morgan fingerprint density at radius 3 is 2.52 bits per heavy atom. The largest absolute Gasteiger partial charge is 0.349 e. The highest BCUT2D eigenvalue weighted by molar-refractivity contribution is 6.01. The molecule has 0 radical (unpaired) electrons. The minimum absolute atomic E-state index is 0.0173. The Hall–Kier alpha value is -3.57. The molecule has 1 aliphatic heterocycles. The smallest absolute Gasteiger partial charge is 0.252 e. The fraction of sp³-hybridized carbons (Fsp3) is 0.214. The molecule has 3 aromatic carbocycles. The standard InChI is InChI=1S/C28H26FN3O/c29-22-11-13-27-21(18-22)10-12-24(30-27)19-32-16-14-23(15-17-32)31-28(33)26-9-5-4-8-25(26)20-6-2-1-3-7-20/h1-13,18,23H,14-17,19H2,(H,31,33). The summed E-state index contributed by atoms with van der Waals surface area (Å²) >= 11 is 0. The number of fused-ring (bicyclic) bond motifs is 1. The van der Waals surface area contributed by atoms with Crippen molar-refractivity contribution in [2.24, 2.45) is 0 Å². The van der Waals surface area contributed by atoms with Gasteiger partial charge in [0.15, 0.2) is 0 Å². The zero-order chi connectivity index (χ0) is 22.6. The molecule has 0 saturated carbocycles. The number of likely N-dealkylation sites (tertiary alicyclic amines) is 1. The molecule has 2 heterocycles. The molecule has 166 valence electrons. The number of carbonyl (C=O) groups excluding carboxylic acids is 1. The zero-order valence-electron chi connectivity index (χ0n) is 18.4. The van der Waals surface area contributed by atoms with Crippen molar-refractivity contribution in [2.45, 2.75) is 25.4 Å². The van der Waals surface area contributed by atoms with Crippen LogP contribution < -0.4 is 5.32 Å². The average molecular weight is 440 g/mol. The Morgan fingerprint density at radius 1 is 0.939 bits per heavy atom. The zero-order valence-corrected chi connectivity index (χ0v) is 18.4. The van der Waals surface area contributed by atoms with Gasteiger partial charge in [0.05, 0.1) is 11.2 Å². The van der Waals surface area contributed by atoms with E-state index in [-0.39, 0.29) is 17.8 Å². The fourth-order valence-electron chi connectivity index (χ4n) is 4.50. The number of rotatable bonds is 5. The second kappa shape index (κ2) is 9.51. The number of nitrogens with one attached hydrogen (secondary N) is 1. The molecule has 1 fully saturated rings. The SMILES string of the molecule is O=C(NC1CCN(Cc2ccc3cc(F)ccc3n2)CC1)c1ccccc1-c1ccccc1. The third-order valence-electron chi connectivity index (χ3n) is 6.27. The van der Waals surface area contributed by atoms with Gasteiger partial charge >= 0.3 is 0 Å². The summed E-state index contributed by atoms with van der Waals surface area (Å²) in [6.07, 6.45) is 1.80. The molecular formula is C28H26FN3O. The summed E-state index contributed by atoms with van der Waals surface area (Å²) in [4.78, 5) is 20.1. The quantitative estimate of drug-likeness (QED) is 0.451. The number of amides is 1. The molecule has 4 aromatic rings. The van der Waals surface area contributed by atoms with Crippen molar-refractivity contribution in [3.05, 3.63) is 102 Å². The summed E-state index contributed by atoms with van der Waals surface area (Å²) < 4.78 is 13.4. The number of hydrogen-bond acceptors (Lipinski definition) is 3. The van der Waals surface area contributed by atoms with Crippen molar-refractivity contribution < 1.29 is 9.18 Å². The van der Waals surface area contributed by atoms with Gasteiger partial charge in [-0.2, -0.15) is 0 Å². The van der Waals surface area contributed by atoms with E-state index in [1.165, 1.54) is 12.1 Å². The predicted octanol–water partition coefficient (Wildman–Crippen LogP) is 5.44. The lowest BCUT2D eigenvalue weighted by Crippen LogP contribution is -2.44. The molecule has 1 amide bonds. The first kappa shape index (κ1) is 21.3. The lowest BCUT2D eigenvalue weighted by molar-refractivity contribution is 0.0909. The number of carbonyl (C=O) groups is 1. The molecule has 0 atom stereocenters. The number of benzene rings is 3. The van der Waals surface area contributed by atoms with E-state index in [9.17, 15) is 9.18 Å². The summed E-state index contributed by atoms with van der Waals surface area (Å²) in [5.41, 5.74) is 4.50. The lowest BCUT2D eigenvalue weighted by Gasteiger charge is -2.32. The van der Waals surface area contributed by atoms with Crippen molar-refractivity contribution >= 4 is 16.8 Å². The van der Waals surface area contributed by atoms with Gasteiger partial charge in [-0.1, -0.05) is 54.6 Å².